The van der Waals surface area contributed by atoms with Crippen LogP contribution >= 0.6 is 11.3 Å². The van der Waals surface area contributed by atoms with Crippen LogP contribution in [0.15, 0.2) is 17.7 Å². The van der Waals surface area contributed by atoms with Crippen LogP contribution in [-0.2, 0) is 0 Å². The van der Waals surface area contributed by atoms with E-state index in [1.54, 1.807) is 0 Å². The predicted molar refractivity (Wildman–Crippen MR) is 72.7 cm³/mol. The molecule has 0 aliphatic heterocycles. The molecule has 1 fully saturated rings. The van der Waals surface area contributed by atoms with Crippen molar-refractivity contribution >= 4 is 17.4 Å². The Morgan fingerprint density at radius 3 is 2.69 bits per heavy atom. The molecule has 88 valence electrons. The van der Waals surface area contributed by atoms with E-state index in [1.807, 2.05) is 11.3 Å². The summed E-state index contributed by atoms with van der Waals surface area (Å²) < 4.78 is 0. The van der Waals surface area contributed by atoms with E-state index < -0.39 is 0 Å². The van der Waals surface area contributed by atoms with E-state index in [1.165, 1.54) is 47.4 Å². The largest absolute Gasteiger partial charge is 0.327 e. The third-order valence-electron chi connectivity index (χ3n) is 3.45. The summed E-state index contributed by atoms with van der Waals surface area (Å²) in [6.45, 7) is 2.88. The molecule has 0 saturated heterocycles. The molecular formula is C14H21NS. The zero-order valence-electron chi connectivity index (χ0n) is 10.0. The van der Waals surface area contributed by atoms with Crippen molar-refractivity contribution in [2.75, 3.05) is 6.54 Å². The molecule has 0 radical (unpaired) electrons. The van der Waals surface area contributed by atoms with Gasteiger partial charge in [-0.05, 0) is 43.9 Å². The summed E-state index contributed by atoms with van der Waals surface area (Å²) in [6, 6.07) is 4.39. The standard InChI is InChI=1S/C14H21NS/c1-11-7-8-14(16-11)9-13(10-15)12-5-3-2-4-6-12/h7-9,12H,2-6,10,15H2,1H3. The van der Waals surface area contributed by atoms with Crippen LogP contribution in [0.2, 0.25) is 0 Å². The Hall–Kier alpha value is -0.600. The van der Waals surface area contributed by atoms with Crippen molar-refractivity contribution in [2.24, 2.45) is 11.7 Å². The summed E-state index contributed by atoms with van der Waals surface area (Å²) in [6.07, 6.45) is 9.18. The van der Waals surface area contributed by atoms with Crippen LogP contribution in [0.25, 0.3) is 6.08 Å². The van der Waals surface area contributed by atoms with Crippen LogP contribution in [-0.4, -0.2) is 6.54 Å². The van der Waals surface area contributed by atoms with E-state index in [0.717, 1.165) is 12.5 Å². The third-order valence-corrected chi connectivity index (χ3v) is 4.40. The highest BCUT2D eigenvalue weighted by atomic mass is 32.1. The van der Waals surface area contributed by atoms with Gasteiger partial charge in [0.15, 0.2) is 0 Å². The highest BCUT2D eigenvalue weighted by Gasteiger charge is 2.16. The Morgan fingerprint density at radius 1 is 1.38 bits per heavy atom. The Labute approximate surface area is 102 Å². The molecule has 0 unspecified atom stereocenters. The average molecular weight is 235 g/mol. The highest BCUT2D eigenvalue weighted by molar-refractivity contribution is 7.12. The Bertz CT molecular complexity index is 359. The SMILES string of the molecule is Cc1ccc(C=C(CN)C2CCCCC2)s1. The molecule has 1 saturated carbocycles. The van der Waals surface area contributed by atoms with Gasteiger partial charge in [-0.25, -0.2) is 0 Å². The fourth-order valence-corrected chi connectivity index (χ4v) is 3.38. The van der Waals surface area contributed by atoms with Crippen LogP contribution in [0.1, 0.15) is 41.9 Å². The van der Waals surface area contributed by atoms with Crippen molar-refractivity contribution in [3.05, 3.63) is 27.5 Å². The number of rotatable bonds is 3. The molecule has 0 atom stereocenters. The fraction of sp³-hybridized carbons (Fsp3) is 0.571. The first-order valence-electron chi connectivity index (χ1n) is 6.26. The molecule has 2 heteroatoms. The maximum Gasteiger partial charge on any atom is 0.0273 e. The van der Waals surface area contributed by atoms with E-state index in [2.05, 4.69) is 25.1 Å². The maximum atomic E-state index is 5.89. The molecule has 1 aliphatic carbocycles. The van der Waals surface area contributed by atoms with Gasteiger partial charge in [0.25, 0.3) is 0 Å². The molecule has 2 N–H and O–H groups in total. The lowest BCUT2D eigenvalue weighted by Gasteiger charge is -2.23. The summed E-state index contributed by atoms with van der Waals surface area (Å²) in [5, 5.41) is 0. The molecule has 16 heavy (non-hydrogen) atoms. The lowest BCUT2D eigenvalue weighted by molar-refractivity contribution is 0.401. The van der Waals surface area contributed by atoms with Crippen molar-refractivity contribution < 1.29 is 0 Å². The minimum absolute atomic E-state index is 0.724. The van der Waals surface area contributed by atoms with Crippen LogP contribution in [0.3, 0.4) is 0 Å². The smallest absolute Gasteiger partial charge is 0.0273 e. The van der Waals surface area contributed by atoms with Gasteiger partial charge in [-0.2, -0.15) is 0 Å². The van der Waals surface area contributed by atoms with Gasteiger partial charge in [-0.15, -0.1) is 11.3 Å². The number of aryl methyl sites for hydroxylation is 1. The topological polar surface area (TPSA) is 26.0 Å². The summed E-state index contributed by atoms with van der Waals surface area (Å²) in [5.74, 6) is 0.751. The fourth-order valence-electron chi connectivity index (χ4n) is 2.53. The molecule has 0 aromatic carbocycles. The molecule has 0 bridgehead atoms. The van der Waals surface area contributed by atoms with E-state index >= 15 is 0 Å². The Morgan fingerprint density at radius 2 is 2.12 bits per heavy atom. The lowest BCUT2D eigenvalue weighted by atomic mass is 9.83. The highest BCUT2D eigenvalue weighted by Crippen LogP contribution is 2.31. The van der Waals surface area contributed by atoms with Crippen molar-refractivity contribution in [3.63, 3.8) is 0 Å². The van der Waals surface area contributed by atoms with Gasteiger partial charge in [0.05, 0.1) is 0 Å². The Balaban J connectivity index is 2.11. The predicted octanol–water partition coefficient (Wildman–Crippen LogP) is 3.98. The summed E-state index contributed by atoms with van der Waals surface area (Å²) in [4.78, 5) is 2.75. The van der Waals surface area contributed by atoms with Crippen molar-refractivity contribution in [1.82, 2.24) is 0 Å². The van der Waals surface area contributed by atoms with Gasteiger partial charge < -0.3 is 5.73 Å². The lowest BCUT2D eigenvalue weighted by Crippen LogP contribution is -2.15. The quantitative estimate of drug-likeness (QED) is 0.842. The minimum atomic E-state index is 0.724. The van der Waals surface area contributed by atoms with Crippen LogP contribution in [0.4, 0.5) is 0 Å². The van der Waals surface area contributed by atoms with Gasteiger partial charge in [0.1, 0.15) is 0 Å². The van der Waals surface area contributed by atoms with Crippen molar-refractivity contribution in [3.8, 4) is 0 Å². The molecule has 0 spiro atoms. The average Bonchev–Trinajstić information content (AvgIpc) is 2.73. The first-order valence-corrected chi connectivity index (χ1v) is 7.08. The summed E-state index contributed by atoms with van der Waals surface area (Å²) in [5.41, 5.74) is 7.35. The van der Waals surface area contributed by atoms with Crippen LogP contribution < -0.4 is 5.73 Å². The second kappa shape index (κ2) is 5.65. The van der Waals surface area contributed by atoms with Gasteiger partial charge in [-0.3, -0.25) is 0 Å². The van der Waals surface area contributed by atoms with E-state index in [4.69, 9.17) is 5.73 Å². The molecule has 1 aromatic heterocycles. The van der Waals surface area contributed by atoms with Gasteiger partial charge in [-0.1, -0.05) is 24.8 Å². The normalized spacial score (nSPS) is 19.0. The second-order valence-corrected chi connectivity index (χ2v) is 6.03. The molecule has 0 amide bonds. The van der Waals surface area contributed by atoms with Gasteiger partial charge in [0.2, 0.25) is 0 Å². The number of thiophene rings is 1. The molecular weight excluding hydrogens is 214 g/mol. The zero-order chi connectivity index (χ0) is 11.4. The summed E-state index contributed by atoms with van der Waals surface area (Å²) >= 11 is 1.86. The first-order chi connectivity index (χ1) is 7.79. The zero-order valence-corrected chi connectivity index (χ0v) is 10.9. The van der Waals surface area contributed by atoms with E-state index in [9.17, 15) is 0 Å². The van der Waals surface area contributed by atoms with Crippen molar-refractivity contribution in [1.29, 1.82) is 0 Å². The van der Waals surface area contributed by atoms with E-state index in [0.29, 0.717) is 0 Å². The number of nitrogens with two attached hydrogens (primary N) is 1. The van der Waals surface area contributed by atoms with Gasteiger partial charge >= 0.3 is 0 Å². The summed E-state index contributed by atoms with van der Waals surface area (Å²) in [7, 11) is 0. The molecule has 1 heterocycles. The van der Waals surface area contributed by atoms with Crippen molar-refractivity contribution in [2.45, 2.75) is 39.0 Å². The molecule has 1 aliphatic rings. The maximum absolute atomic E-state index is 5.89. The molecule has 2 rings (SSSR count). The second-order valence-electron chi connectivity index (χ2n) is 4.71. The molecule has 1 aromatic rings. The van der Waals surface area contributed by atoms with Gasteiger partial charge in [0, 0.05) is 16.3 Å². The minimum Gasteiger partial charge on any atom is -0.327 e. The molecule has 1 nitrogen and oxygen atoms in total. The Kier molecular flexibility index (Phi) is 4.19. The third kappa shape index (κ3) is 2.96. The number of hydrogen-bond donors (Lipinski definition) is 1. The monoisotopic (exact) mass is 235 g/mol. The van der Waals surface area contributed by atoms with Crippen LogP contribution in [0, 0.1) is 12.8 Å². The number of hydrogen-bond acceptors (Lipinski definition) is 2. The van der Waals surface area contributed by atoms with E-state index in [-0.39, 0.29) is 0 Å². The van der Waals surface area contributed by atoms with Crippen LogP contribution in [0.5, 0.6) is 0 Å². The first kappa shape index (κ1) is 11.9.